The highest BCUT2D eigenvalue weighted by Crippen LogP contribution is 2.32. The lowest BCUT2D eigenvalue weighted by Gasteiger charge is -2.09. The molecule has 0 aliphatic carbocycles. The number of benzene rings is 1. The Morgan fingerprint density at radius 2 is 1.97 bits per heavy atom. The summed E-state index contributed by atoms with van der Waals surface area (Å²) in [4.78, 5) is 10.9. The largest absolute Gasteiger partial charge is 0.478 e. The maximum atomic E-state index is 13.0. The van der Waals surface area contributed by atoms with Gasteiger partial charge >= 0.3 is 6.18 Å². The number of hydrogen-bond acceptors (Lipinski definition) is 5. The highest BCUT2D eigenvalue weighted by atomic mass is 35.5. The van der Waals surface area contributed by atoms with Crippen LogP contribution in [0.2, 0.25) is 5.28 Å². The normalized spacial score (nSPS) is 11.9. The molecule has 3 heterocycles. The van der Waals surface area contributed by atoms with Gasteiger partial charge in [0.1, 0.15) is 5.52 Å². The summed E-state index contributed by atoms with van der Waals surface area (Å²) in [5, 5.41) is 11.8. The van der Waals surface area contributed by atoms with Crippen molar-refractivity contribution in [3.8, 4) is 11.6 Å². The highest BCUT2D eigenvalue weighted by Gasteiger charge is 2.35. The number of halogens is 4. The van der Waals surface area contributed by atoms with Gasteiger partial charge < -0.3 is 9.72 Å². The Morgan fingerprint density at radius 3 is 2.63 bits per heavy atom. The summed E-state index contributed by atoms with van der Waals surface area (Å²) < 4.78 is 47.1. The van der Waals surface area contributed by atoms with Crippen molar-refractivity contribution in [3.63, 3.8) is 0 Å². The molecule has 0 spiro atoms. The van der Waals surface area contributed by atoms with E-state index in [1.807, 2.05) is 0 Å². The molecule has 1 aromatic carbocycles. The quantitative estimate of drug-likeness (QED) is 0.467. The average molecular weight is 438 g/mol. The third kappa shape index (κ3) is 3.75. The first-order valence-corrected chi connectivity index (χ1v) is 9.19. The summed E-state index contributed by atoms with van der Waals surface area (Å²) in [7, 11) is 0. The Kier molecular flexibility index (Phi) is 4.98. The van der Waals surface area contributed by atoms with Crippen LogP contribution in [0.15, 0.2) is 36.5 Å². The summed E-state index contributed by atoms with van der Waals surface area (Å²) in [5.74, 6) is 0.00312. The molecule has 0 unspecified atom stereocenters. The fraction of sp³-hybridized carbons (Fsp3) is 0.222. The summed E-state index contributed by atoms with van der Waals surface area (Å²) in [6.45, 7) is 2.19. The van der Waals surface area contributed by atoms with Crippen LogP contribution in [-0.4, -0.2) is 35.9 Å². The van der Waals surface area contributed by atoms with Crippen LogP contribution in [0.5, 0.6) is 5.88 Å². The Labute approximate surface area is 172 Å². The van der Waals surface area contributed by atoms with E-state index >= 15 is 0 Å². The lowest BCUT2D eigenvalue weighted by atomic mass is 10.2. The summed E-state index contributed by atoms with van der Waals surface area (Å²) >= 11 is 5.85. The molecule has 12 heteroatoms. The van der Waals surface area contributed by atoms with E-state index < -0.39 is 11.9 Å². The van der Waals surface area contributed by atoms with Crippen molar-refractivity contribution in [2.75, 3.05) is 6.61 Å². The smallest absolute Gasteiger partial charge is 0.435 e. The fourth-order valence-corrected chi connectivity index (χ4v) is 3.09. The first-order valence-electron chi connectivity index (χ1n) is 8.81. The van der Waals surface area contributed by atoms with Crippen LogP contribution in [0.3, 0.4) is 0 Å². The van der Waals surface area contributed by atoms with Crippen LogP contribution >= 0.6 is 11.6 Å². The van der Waals surface area contributed by atoms with Gasteiger partial charge in [0.25, 0.3) is 0 Å². The standard InChI is InChI=1S/C18H15ClF3N7O/c1-2-30-14-7-13(18(20,21)22)27-29(14)11-5-3-10(4-6-11)9-28-15-12(25-17(28)23)8-24-16(19)26-15/h3-8H,2,9H2,1H3,(H2,23,25). The zero-order chi connectivity index (χ0) is 21.5. The van der Waals surface area contributed by atoms with E-state index in [-0.39, 0.29) is 23.4 Å². The third-order valence-electron chi connectivity index (χ3n) is 4.30. The van der Waals surface area contributed by atoms with E-state index in [0.29, 0.717) is 23.4 Å². The maximum Gasteiger partial charge on any atom is 0.435 e. The third-order valence-corrected chi connectivity index (χ3v) is 4.48. The molecule has 0 atom stereocenters. The van der Waals surface area contributed by atoms with Gasteiger partial charge in [0, 0.05) is 6.07 Å². The Bertz CT molecular complexity index is 1260. The Morgan fingerprint density at radius 1 is 1.23 bits per heavy atom. The molecule has 0 saturated heterocycles. The van der Waals surface area contributed by atoms with Crippen LogP contribution in [0.1, 0.15) is 18.2 Å². The number of aromatic nitrogens is 6. The number of H-pyrrole nitrogens is 1. The van der Waals surface area contributed by atoms with Crippen molar-refractivity contribution < 1.29 is 17.9 Å². The summed E-state index contributed by atoms with van der Waals surface area (Å²) in [6.07, 6.45) is -3.08. The van der Waals surface area contributed by atoms with E-state index in [0.717, 1.165) is 16.3 Å². The number of aromatic amines is 1. The number of nitrogens with zero attached hydrogens (tertiary/aromatic N) is 5. The van der Waals surface area contributed by atoms with E-state index in [2.05, 4.69) is 20.1 Å². The van der Waals surface area contributed by atoms with Crippen molar-refractivity contribution in [2.45, 2.75) is 19.6 Å². The summed E-state index contributed by atoms with van der Waals surface area (Å²) in [6, 6.07) is 7.59. The second-order valence-corrected chi connectivity index (χ2v) is 6.65. The van der Waals surface area contributed by atoms with Crippen LogP contribution in [0.25, 0.3) is 16.9 Å². The van der Waals surface area contributed by atoms with Gasteiger partial charge in [-0.15, -0.1) is 0 Å². The van der Waals surface area contributed by atoms with Gasteiger partial charge in [0.15, 0.2) is 11.3 Å². The SMILES string of the molecule is CCOc1cc(C(F)(F)F)nn1-c1ccc(Cn2c(=N)[nH]c3cnc(Cl)nc32)cc1. The second-order valence-electron chi connectivity index (χ2n) is 6.31. The number of fused-ring (bicyclic) bond motifs is 1. The second kappa shape index (κ2) is 7.48. The van der Waals surface area contributed by atoms with E-state index in [4.69, 9.17) is 21.7 Å². The molecular weight excluding hydrogens is 423 g/mol. The Hall–Kier alpha value is -3.34. The molecule has 30 heavy (non-hydrogen) atoms. The molecular formula is C18H15ClF3N7O. The van der Waals surface area contributed by atoms with Gasteiger partial charge in [-0.25, -0.2) is 9.67 Å². The van der Waals surface area contributed by atoms with Crippen molar-refractivity contribution in [1.29, 1.82) is 5.41 Å². The number of alkyl halides is 3. The minimum atomic E-state index is -4.57. The van der Waals surface area contributed by atoms with E-state index in [9.17, 15) is 13.2 Å². The number of nitrogens with one attached hydrogen (secondary N) is 2. The lowest BCUT2D eigenvalue weighted by molar-refractivity contribution is -0.141. The van der Waals surface area contributed by atoms with Gasteiger partial charge in [0.2, 0.25) is 16.8 Å². The van der Waals surface area contributed by atoms with Gasteiger partial charge in [-0.3, -0.25) is 9.98 Å². The van der Waals surface area contributed by atoms with Gasteiger partial charge in [0.05, 0.1) is 25.0 Å². The van der Waals surface area contributed by atoms with E-state index in [1.54, 1.807) is 35.8 Å². The van der Waals surface area contributed by atoms with Crippen LogP contribution < -0.4 is 10.4 Å². The molecule has 0 amide bonds. The fourth-order valence-electron chi connectivity index (χ4n) is 2.96. The molecule has 8 nitrogen and oxygen atoms in total. The van der Waals surface area contributed by atoms with Crippen molar-refractivity contribution in [1.82, 2.24) is 29.3 Å². The monoisotopic (exact) mass is 437 g/mol. The zero-order valence-corrected chi connectivity index (χ0v) is 16.3. The van der Waals surface area contributed by atoms with E-state index in [1.165, 1.54) is 6.20 Å². The maximum absolute atomic E-state index is 13.0. The predicted molar refractivity (Wildman–Crippen MR) is 102 cm³/mol. The minimum Gasteiger partial charge on any atom is -0.478 e. The van der Waals surface area contributed by atoms with Gasteiger partial charge in [-0.1, -0.05) is 12.1 Å². The zero-order valence-electron chi connectivity index (χ0n) is 15.5. The van der Waals surface area contributed by atoms with Crippen LogP contribution in [0.4, 0.5) is 13.2 Å². The molecule has 0 aliphatic heterocycles. The number of rotatable bonds is 5. The van der Waals surface area contributed by atoms with Gasteiger partial charge in [-0.05, 0) is 36.2 Å². The average Bonchev–Trinajstić information content (AvgIpc) is 3.25. The van der Waals surface area contributed by atoms with Crippen molar-refractivity contribution in [3.05, 3.63) is 58.7 Å². The minimum absolute atomic E-state index is 0.00312. The van der Waals surface area contributed by atoms with Crippen molar-refractivity contribution >= 4 is 22.8 Å². The molecule has 4 aromatic rings. The molecule has 0 radical (unpaired) electrons. The molecule has 0 saturated carbocycles. The highest BCUT2D eigenvalue weighted by molar-refractivity contribution is 6.28. The van der Waals surface area contributed by atoms with Crippen molar-refractivity contribution in [2.24, 2.45) is 0 Å². The lowest BCUT2D eigenvalue weighted by Crippen LogP contribution is -2.18. The first-order chi connectivity index (χ1) is 14.3. The number of ether oxygens (including phenoxy) is 1. The molecule has 4 rings (SSSR count). The number of imidazole rings is 1. The summed E-state index contributed by atoms with van der Waals surface area (Å²) in [5.41, 5.74) is 1.35. The molecule has 0 bridgehead atoms. The van der Waals surface area contributed by atoms with Crippen LogP contribution in [-0.2, 0) is 12.7 Å². The topological polar surface area (TPSA) is 97.4 Å². The Balaban J connectivity index is 1.66. The first kappa shape index (κ1) is 20.0. The molecule has 0 aliphatic rings. The molecule has 156 valence electrons. The van der Waals surface area contributed by atoms with Gasteiger partial charge in [-0.2, -0.15) is 23.3 Å². The molecule has 2 N–H and O–H groups in total. The number of hydrogen-bond donors (Lipinski definition) is 2. The molecule has 0 fully saturated rings. The molecule has 3 aromatic heterocycles. The predicted octanol–water partition coefficient (Wildman–Crippen LogP) is 3.54. The van der Waals surface area contributed by atoms with Crippen LogP contribution in [0, 0.1) is 5.41 Å².